The summed E-state index contributed by atoms with van der Waals surface area (Å²) < 4.78 is 15.1. The van der Waals surface area contributed by atoms with Crippen molar-refractivity contribution < 1.29 is 19.0 Å². The largest absolute Gasteiger partial charge is 0.497 e. The lowest BCUT2D eigenvalue weighted by Gasteiger charge is -2.10. The number of ether oxygens (including phenoxy) is 3. The Balaban J connectivity index is 2.77. The first kappa shape index (κ1) is 13.4. The molecule has 0 aliphatic carbocycles. The van der Waals surface area contributed by atoms with Crippen molar-refractivity contribution in [1.82, 2.24) is 4.98 Å². The van der Waals surface area contributed by atoms with Crippen molar-refractivity contribution in [3.8, 4) is 11.5 Å². The van der Waals surface area contributed by atoms with Crippen molar-refractivity contribution in [2.24, 2.45) is 0 Å². The zero-order valence-electron chi connectivity index (χ0n) is 10.7. The summed E-state index contributed by atoms with van der Waals surface area (Å²) in [5, 5.41) is 0.829. The first-order valence-corrected chi connectivity index (χ1v) is 5.78. The number of carbonyl (C=O) groups is 1. The van der Waals surface area contributed by atoms with E-state index in [4.69, 9.17) is 21.1 Å². The van der Waals surface area contributed by atoms with Gasteiger partial charge in [0.25, 0.3) is 0 Å². The van der Waals surface area contributed by atoms with E-state index in [1.165, 1.54) is 27.5 Å². The third-order valence-corrected chi connectivity index (χ3v) is 3.11. The molecule has 0 aliphatic rings. The van der Waals surface area contributed by atoms with Crippen LogP contribution in [0.1, 0.15) is 10.4 Å². The van der Waals surface area contributed by atoms with Gasteiger partial charge in [0.05, 0.1) is 31.9 Å². The highest BCUT2D eigenvalue weighted by molar-refractivity contribution is 6.38. The Morgan fingerprint density at radius 2 is 1.95 bits per heavy atom. The molecule has 6 heteroatoms. The number of hydrogen-bond donors (Lipinski definition) is 0. The van der Waals surface area contributed by atoms with Crippen molar-refractivity contribution in [1.29, 1.82) is 0 Å². The minimum Gasteiger partial charge on any atom is -0.497 e. The molecule has 0 radical (unpaired) electrons. The Hall–Kier alpha value is -2.01. The number of fused-ring (bicyclic) bond motifs is 1. The molecule has 0 N–H and O–H groups in total. The Labute approximate surface area is 115 Å². The number of methoxy groups -OCH3 is 3. The predicted molar refractivity (Wildman–Crippen MR) is 71.2 cm³/mol. The Morgan fingerprint density at radius 1 is 1.21 bits per heavy atom. The molecule has 0 fully saturated rings. The number of pyridine rings is 1. The van der Waals surface area contributed by atoms with Gasteiger partial charge in [-0.2, -0.15) is 0 Å². The first-order valence-electron chi connectivity index (χ1n) is 5.41. The lowest BCUT2D eigenvalue weighted by atomic mass is 10.1. The number of aromatic nitrogens is 1. The third-order valence-electron chi connectivity index (χ3n) is 2.71. The third kappa shape index (κ3) is 2.29. The minimum atomic E-state index is -0.541. The van der Waals surface area contributed by atoms with Gasteiger partial charge < -0.3 is 14.2 Å². The van der Waals surface area contributed by atoms with Gasteiger partial charge in [-0.1, -0.05) is 11.6 Å². The summed E-state index contributed by atoms with van der Waals surface area (Å²) >= 11 is 6.22. The van der Waals surface area contributed by atoms with Gasteiger partial charge >= 0.3 is 5.97 Å². The second-order valence-electron chi connectivity index (χ2n) is 3.70. The van der Waals surface area contributed by atoms with E-state index in [0.717, 1.165) is 0 Å². The van der Waals surface area contributed by atoms with Crippen LogP contribution in [-0.4, -0.2) is 32.3 Å². The Bertz CT molecular complexity index is 642. The molecule has 100 valence electrons. The van der Waals surface area contributed by atoms with Crippen LogP contribution in [0.5, 0.6) is 11.5 Å². The number of benzene rings is 1. The van der Waals surface area contributed by atoms with E-state index in [9.17, 15) is 4.79 Å². The monoisotopic (exact) mass is 281 g/mol. The van der Waals surface area contributed by atoms with Crippen LogP contribution >= 0.6 is 11.6 Å². The topological polar surface area (TPSA) is 57.7 Å². The van der Waals surface area contributed by atoms with Gasteiger partial charge in [0, 0.05) is 17.6 Å². The number of esters is 1. The summed E-state index contributed by atoms with van der Waals surface area (Å²) in [6.07, 6.45) is 1.37. The lowest BCUT2D eigenvalue weighted by Crippen LogP contribution is -2.03. The average Bonchev–Trinajstić information content (AvgIpc) is 2.46. The first-order chi connectivity index (χ1) is 9.12. The molecule has 0 unspecified atom stereocenters. The quantitative estimate of drug-likeness (QED) is 0.810. The number of halogens is 1. The minimum absolute atomic E-state index is 0.201. The fourth-order valence-electron chi connectivity index (χ4n) is 1.74. The van der Waals surface area contributed by atoms with E-state index in [1.807, 2.05) is 0 Å². The summed E-state index contributed by atoms with van der Waals surface area (Å²) in [5.41, 5.74) is 0.757. The molecular formula is C13H12ClNO4. The SMILES string of the molecule is COC(=O)c1cnc2c(OC)cc(OC)cc2c1Cl. The zero-order valence-corrected chi connectivity index (χ0v) is 11.4. The van der Waals surface area contributed by atoms with Crippen LogP contribution in [0.2, 0.25) is 5.02 Å². The maximum absolute atomic E-state index is 11.6. The van der Waals surface area contributed by atoms with Crippen molar-refractivity contribution in [2.75, 3.05) is 21.3 Å². The van der Waals surface area contributed by atoms with Crippen LogP contribution in [0.4, 0.5) is 0 Å². The molecule has 5 nitrogen and oxygen atoms in total. The molecule has 1 aromatic carbocycles. The number of nitrogens with zero attached hydrogens (tertiary/aromatic N) is 1. The molecule has 19 heavy (non-hydrogen) atoms. The zero-order chi connectivity index (χ0) is 14.0. The fraction of sp³-hybridized carbons (Fsp3) is 0.231. The summed E-state index contributed by atoms with van der Waals surface area (Å²) in [7, 11) is 4.35. The molecule has 0 aliphatic heterocycles. The van der Waals surface area contributed by atoms with Crippen LogP contribution in [0.3, 0.4) is 0 Å². The second-order valence-corrected chi connectivity index (χ2v) is 4.08. The molecule has 0 saturated carbocycles. The van der Waals surface area contributed by atoms with Crippen LogP contribution in [0, 0.1) is 0 Å². The predicted octanol–water partition coefficient (Wildman–Crippen LogP) is 2.69. The molecule has 1 heterocycles. The van der Waals surface area contributed by atoms with Gasteiger partial charge in [-0.05, 0) is 6.07 Å². The van der Waals surface area contributed by atoms with Gasteiger partial charge in [0.2, 0.25) is 0 Å². The highest BCUT2D eigenvalue weighted by atomic mass is 35.5. The average molecular weight is 282 g/mol. The van der Waals surface area contributed by atoms with Gasteiger partial charge in [0.1, 0.15) is 17.0 Å². The fourth-order valence-corrected chi connectivity index (χ4v) is 2.01. The standard InChI is InChI=1S/C13H12ClNO4/c1-17-7-4-8-11(14)9(13(16)19-3)6-15-12(8)10(5-7)18-2/h4-6H,1-3H3. The molecule has 0 atom stereocenters. The molecule has 0 spiro atoms. The van der Waals surface area contributed by atoms with E-state index in [0.29, 0.717) is 22.4 Å². The molecule has 0 amide bonds. The van der Waals surface area contributed by atoms with Gasteiger partial charge in [-0.25, -0.2) is 4.79 Å². The Morgan fingerprint density at radius 3 is 2.53 bits per heavy atom. The van der Waals surface area contributed by atoms with E-state index in [2.05, 4.69) is 9.72 Å². The normalized spacial score (nSPS) is 10.3. The van der Waals surface area contributed by atoms with Gasteiger partial charge in [-0.3, -0.25) is 4.98 Å². The van der Waals surface area contributed by atoms with Gasteiger partial charge in [-0.15, -0.1) is 0 Å². The number of hydrogen-bond acceptors (Lipinski definition) is 5. The summed E-state index contributed by atoms with van der Waals surface area (Å²) in [6.45, 7) is 0. The van der Waals surface area contributed by atoms with E-state index in [1.54, 1.807) is 12.1 Å². The summed E-state index contributed by atoms with van der Waals surface area (Å²) in [5.74, 6) is 0.545. The van der Waals surface area contributed by atoms with Gasteiger partial charge in [0.15, 0.2) is 0 Å². The number of rotatable bonds is 3. The molecule has 1 aromatic heterocycles. The van der Waals surface area contributed by atoms with Crippen LogP contribution in [0.15, 0.2) is 18.3 Å². The Kier molecular flexibility index (Phi) is 3.76. The second kappa shape index (κ2) is 5.32. The molecule has 2 aromatic rings. The van der Waals surface area contributed by atoms with Crippen molar-refractivity contribution in [2.45, 2.75) is 0 Å². The van der Waals surface area contributed by atoms with Crippen LogP contribution in [-0.2, 0) is 4.74 Å². The van der Waals surface area contributed by atoms with Crippen LogP contribution < -0.4 is 9.47 Å². The van der Waals surface area contributed by atoms with Crippen molar-refractivity contribution >= 4 is 28.5 Å². The van der Waals surface area contributed by atoms with E-state index in [-0.39, 0.29) is 10.6 Å². The van der Waals surface area contributed by atoms with Crippen molar-refractivity contribution in [3.05, 3.63) is 28.9 Å². The maximum atomic E-state index is 11.6. The lowest BCUT2D eigenvalue weighted by molar-refractivity contribution is 0.0600. The highest BCUT2D eigenvalue weighted by Crippen LogP contribution is 2.35. The van der Waals surface area contributed by atoms with E-state index >= 15 is 0 Å². The van der Waals surface area contributed by atoms with Crippen molar-refractivity contribution in [3.63, 3.8) is 0 Å². The van der Waals surface area contributed by atoms with E-state index < -0.39 is 5.97 Å². The smallest absolute Gasteiger partial charge is 0.340 e. The summed E-state index contributed by atoms with van der Waals surface area (Å²) in [4.78, 5) is 15.8. The molecular weight excluding hydrogens is 270 g/mol. The summed E-state index contributed by atoms with van der Waals surface area (Å²) in [6, 6.07) is 3.39. The highest BCUT2D eigenvalue weighted by Gasteiger charge is 2.17. The number of carbonyl (C=O) groups excluding carboxylic acids is 1. The van der Waals surface area contributed by atoms with Crippen LogP contribution in [0.25, 0.3) is 10.9 Å². The molecule has 0 bridgehead atoms. The molecule has 0 saturated heterocycles. The maximum Gasteiger partial charge on any atom is 0.340 e. The molecule has 2 rings (SSSR count).